The van der Waals surface area contributed by atoms with Crippen molar-refractivity contribution < 1.29 is 17.9 Å². The predicted molar refractivity (Wildman–Crippen MR) is 127 cm³/mol. The van der Waals surface area contributed by atoms with Gasteiger partial charge in [-0.15, -0.1) is 0 Å². The number of fused-ring (bicyclic) bond motifs is 1. The molecule has 182 valence electrons. The maximum absolute atomic E-state index is 13.0. The molecule has 1 aliphatic rings. The summed E-state index contributed by atoms with van der Waals surface area (Å²) in [6, 6.07) is 10.6. The number of aromatic nitrogens is 4. The van der Waals surface area contributed by atoms with Gasteiger partial charge in [0.05, 0.1) is 16.6 Å². The standard InChI is InChI=1S/C26H26F3N5O/c27-26(28,29)19-10-13-31-22(15-19)18-6-8-20(9-7-18)35-23-11-14-32-25-24(23)21(33-34-25)5-1-3-17-4-2-12-30-16-17/h6-11,13-15,17,30H,1-5,12,16H2,(H,32,33,34)/t17-/m1/s1. The molecule has 1 fully saturated rings. The van der Waals surface area contributed by atoms with Crippen molar-refractivity contribution in [1.82, 2.24) is 25.5 Å². The number of aryl methyl sites for hydroxylation is 1. The number of hydrogen-bond acceptors (Lipinski definition) is 5. The minimum Gasteiger partial charge on any atom is -0.456 e. The molecule has 0 amide bonds. The summed E-state index contributed by atoms with van der Waals surface area (Å²) in [5, 5.41) is 11.8. The number of rotatable bonds is 7. The molecule has 0 aliphatic carbocycles. The SMILES string of the molecule is FC(F)(F)c1ccnc(-c2ccc(Oc3ccnc4n[nH]c(CCC[C@@H]5CCCNC5)c34)cc2)c1. The summed E-state index contributed by atoms with van der Waals surface area (Å²) in [7, 11) is 0. The molecule has 5 rings (SSSR count). The summed E-state index contributed by atoms with van der Waals surface area (Å²) < 4.78 is 45.2. The Morgan fingerprint density at radius 3 is 2.63 bits per heavy atom. The van der Waals surface area contributed by atoms with Gasteiger partial charge >= 0.3 is 6.18 Å². The van der Waals surface area contributed by atoms with Gasteiger partial charge in [0, 0.05) is 23.7 Å². The van der Waals surface area contributed by atoms with Gasteiger partial charge in [-0.05, 0) is 93.6 Å². The quantitative estimate of drug-likeness (QED) is 0.331. The fraction of sp³-hybridized carbons (Fsp3) is 0.346. The van der Waals surface area contributed by atoms with Crippen molar-refractivity contribution in [3.05, 3.63) is 66.1 Å². The lowest BCUT2D eigenvalue weighted by atomic mass is 9.93. The number of aromatic amines is 1. The first-order valence-electron chi connectivity index (χ1n) is 11.8. The highest BCUT2D eigenvalue weighted by molar-refractivity contribution is 5.85. The Bertz CT molecular complexity index is 1280. The molecule has 6 nitrogen and oxygen atoms in total. The summed E-state index contributed by atoms with van der Waals surface area (Å²) in [6.45, 7) is 2.21. The van der Waals surface area contributed by atoms with Gasteiger partial charge in [-0.1, -0.05) is 0 Å². The first-order chi connectivity index (χ1) is 17.0. The Balaban J connectivity index is 1.31. The summed E-state index contributed by atoms with van der Waals surface area (Å²) >= 11 is 0. The van der Waals surface area contributed by atoms with Crippen LogP contribution >= 0.6 is 0 Å². The summed E-state index contributed by atoms with van der Waals surface area (Å²) in [6.07, 6.45) is 3.99. The Morgan fingerprint density at radius 1 is 1.03 bits per heavy atom. The van der Waals surface area contributed by atoms with Crippen LogP contribution in [0.3, 0.4) is 0 Å². The van der Waals surface area contributed by atoms with Gasteiger partial charge in [0.1, 0.15) is 11.5 Å². The number of halogens is 3. The Hall–Kier alpha value is -3.46. The molecule has 0 bridgehead atoms. The third-order valence-electron chi connectivity index (χ3n) is 6.39. The van der Waals surface area contributed by atoms with E-state index >= 15 is 0 Å². The maximum atomic E-state index is 13.0. The zero-order chi connectivity index (χ0) is 24.3. The number of hydrogen-bond donors (Lipinski definition) is 2. The molecule has 35 heavy (non-hydrogen) atoms. The van der Waals surface area contributed by atoms with E-state index in [0.717, 1.165) is 61.5 Å². The van der Waals surface area contributed by atoms with Crippen LogP contribution < -0.4 is 10.1 Å². The molecule has 1 aromatic carbocycles. The van der Waals surface area contributed by atoms with Gasteiger partial charge in [-0.3, -0.25) is 10.1 Å². The number of nitrogens with one attached hydrogen (secondary N) is 2. The second-order valence-corrected chi connectivity index (χ2v) is 8.87. The van der Waals surface area contributed by atoms with Crippen molar-refractivity contribution in [2.75, 3.05) is 13.1 Å². The number of piperidine rings is 1. The molecule has 9 heteroatoms. The van der Waals surface area contributed by atoms with Crippen LogP contribution in [0.1, 0.15) is 36.9 Å². The molecule has 2 N–H and O–H groups in total. The smallest absolute Gasteiger partial charge is 0.416 e. The Morgan fingerprint density at radius 2 is 1.86 bits per heavy atom. The van der Waals surface area contributed by atoms with Crippen molar-refractivity contribution in [3.8, 4) is 22.8 Å². The first-order valence-corrected chi connectivity index (χ1v) is 11.8. The highest BCUT2D eigenvalue weighted by Crippen LogP contribution is 2.34. The second kappa shape index (κ2) is 10.0. The van der Waals surface area contributed by atoms with Gasteiger partial charge in [0.2, 0.25) is 0 Å². The molecule has 0 unspecified atom stereocenters. The van der Waals surface area contributed by atoms with Crippen molar-refractivity contribution >= 4 is 11.0 Å². The van der Waals surface area contributed by atoms with E-state index in [1.54, 1.807) is 36.5 Å². The summed E-state index contributed by atoms with van der Waals surface area (Å²) in [5.74, 6) is 1.92. The third kappa shape index (κ3) is 5.45. The first kappa shape index (κ1) is 23.3. The number of H-pyrrole nitrogens is 1. The van der Waals surface area contributed by atoms with Crippen LogP contribution in [-0.2, 0) is 12.6 Å². The number of benzene rings is 1. The van der Waals surface area contributed by atoms with E-state index in [-0.39, 0.29) is 5.69 Å². The highest BCUT2D eigenvalue weighted by Gasteiger charge is 2.30. The highest BCUT2D eigenvalue weighted by atomic mass is 19.4. The third-order valence-corrected chi connectivity index (χ3v) is 6.39. The lowest BCUT2D eigenvalue weighted by Crippen LogP contribution is -2.29. The van der Waals surface area contributed by atoms with E-state index in [1.807, 2.05) is 0 Å². The molecule has 1 atom stereocenters. The van der Waals surface area contributed by atoms with E-state index in [2.05, 4.69) is 25.5 Å². The van der Waals surface area contributed by atoms with E-state index in [1.165, 1.54) is 19.0 Å². The van der Waals surface area contributed by atoms with E-state index < -0.39 is 11.7 Å². The predicted octanol–water partition coefficient (Wildman–Crippen LogP) is 6.15. The number of alkyl halides is 3. The average Bonchev–Trinajstić information content (AvgIpc) is 3.29. The molecular formula is C26H26F3N5O. The molecular weight excluding hydrogens is 455 g/mol. The average molecular weight is 482 g/mol. The Kier molecular flexibility index (Phi) is 6.68. The molecule has 0 saturated carbocycles. The molecule has 0 radical (unpaired) electrons. The maximum Gasteiger partial charge on any atom is 0.416 e. The fourth-order valence-corrected chi connectivity index (χ4v) is 4.57. The fourth-order valence-electron chi connectivity index (χ4n) is 4.57. The minimum absolute atomic E-state index is 0.253. The monoisotopic (exact) mass is 481 g/mol. The minimum atomic E-state index is -4.41. The molecule has 4 aromatic rings. The van der Waals surface area contributed by atoms with Crippen molar-refractivity contribution in [1.29, 1.82) is 0 Å². The molecule has 1 aliphatic heterocycles. The van der Waals surface area contributed by atoms with Crippen molar-refractivity contribution in [2.45, 2.75) is 38.3 Å². The van der Waals surface area contributed by atoms with Crippen LogP contribution in [0.2, 0.25) is 0 Å². The molecule has 0 spiro atoms. The van der Waals surface area contributed by atoms with E-state index in [0.29, 0.717) is 22.7 Å². The van der Waals surface area contributed by atoms with Gasteiger partial charge in [0.25, 0.3) is 0 Å². The summed E-state index contributed by atoms with van der Waals surface area (Å²) in [4.78, 5) is 8.43. The van der Waals surface area contributed by atoms with Crippen LogP contribution in [-0.4, -0.2) is 33.3 Å². The molecule has 3 aromatic heterocycles. The van der Waals surface area contributed by atoms with Crippen LogP contribution in [0.4, 0.5) is 13.2 Å². The van der Waals surface area contributed by atoms with Crippen molar-refractivity contribution in [2.24, 2.45) is 5.92 Å². The number of nitrogens with zero attached hydrogens (tertiary/aromatic N) is 3. The summed E-state index contributed by atoms with van der Waals surface area (Å²) in [5.41, 5.74) is 1.69. The van der Waals surface area contributed by atoms with E-state index in [4.69, 9.17) is 4.74 Å². The van der Waals surface area contributed by atoms with Gasteiger partial charge < -0.3 is 10.1 Å². The van der Waals surface area contributed by atoms with Crippen LogP contribution in [0, 0.1) is 5.92 Å². The number of ether oxygens (including phenoxy) is 1. The van der Waals surface area contributed by atoms with Crippen LogP contribution in [0.5, 0.6) is 11.5 Å². The normalized spacial score (nSPS) is 16.5. The molecule has 4 heterocycles. The lowest BCUT2D eigenvalue weighted by Gasteiger charge is -2.22. The van der Waals surface area contributed by atoms with E-state index in [9.17, 15) is 13.2 Å². The Labute approximate surface area is 201 Å². The van der Waals surface area contributed by atoms with Crippen LogP contribution in [0.15, 0.2) is 54.9 Å². The number of pyridine rings is 2. The largest absolute Gasteiger partial charge is 0.456 e. The van der Waals surface area contributed by atoms with Crippen LogP contribution in [0.25, 0.3) is 22.3 Å². The van der Waals surface area contributed by atoms with Gasteiger partial charge in [-0.2, -0.15) is 18.3 Å². The zero-order valence-electron chi connectivity index (χ0n) is 19.1. The lowest BCUT2D eigenvalue weighted by molar-refractivity contribution is -0.137. The van der Waals surface area contributed by atoms with Gasteiger partial charge in [-0.25, -0.2) is 4.98 Å². The van der Waals surface area contributed by atoms with Crippen molar-refractivity contribution in [3.63, 3.8) is 0 Å². The van der Waals surface area contributed by atoms with Gasteiger partial charge in [0.15, 0.2) is 5.65 Å². The molecule has 1 saturated heterocycles. The zero-order valence-corrected chi connectivity index (χ0v) is 19.1. The second-order valence-electron chi connectivity index (χ2n) is 8.87. The topological polar surface area (TPSA) is 75.7 Å².